The number of rotatable bonds is 9. The second-order valence-electron chi connectivity index (χ2n) is 5.66. The van der Waals surface area contributed by atoms with E-state index in [2.05, 4.69) is 40.3 Å². The van der Waals surface area contributed by atoms with E-state index in [4.69, 9.17) is 4.42 Å². The molecule has 2 heterocycles. The summed E-state index contributed by atoms with van der Waals surface area (Å²) < 4.78 is 7.36. The molecular weight excluding hydrogens is 302 g/mol. The van der Waals surface area contributed by atoms with Crippen molar-refractivity contribution in [1.82, 2.24) is 20.4 Å². The van der Waals surface area contributed by atoms with Gasteiger partial charge >= 0.3 is 0 Å². The van der Waals surface area contributed by atoms with E-state index in [-0.39, 0.29) is 0 Å². The molecule has 6 heteroatoms. The van der Waals surface area contributed by atoms with Gasteiger partial charge in [0.15, 0.2) is 5.96 Å². The van der Waals surface area contributed by atoms with Crippen molar-refractivity contribution in [3.63, 3.8) is 0 Å². The molecule has 0 aliphatic heterocycles. The Morgan fingerprint density at radius 2 is 2.29 bits per heavy atom. The van der Waals surface area contributed by atoms with E-state index in [9.17, 15) is 0 Å². The van der Waals surface area contributed by atoms with Crippen LogP contribution in [0.3, 0.4) is 0 Å². The van der Waals surface area contributed by atoms with E-state index in [0.717, 1.165) is 49.9 Å². The molecule has 0 unspecified atom stereocenters. The lowest BCUT2D eigenvalue weighted by atomic mass is 10.3. The van der Waals surface area contributed by atoms with Crippen LogP contribution in [-0.2, 0) is 13.0 Å². The molecule has 0 atom stereocenters. The second kappa shape index (κ2) is 9.60. The maximum absolute atomic E-state index is 5.33. The summed E-state index contributed by atoms with van der Waals surface area (Å²) in [5, 5.41) is 11.0. The van der Waals surface area contributed by atoms with E-state index in [1.807, 2.05) is 29.8 Å². The Kier molecular flexibility index (Phi) is 7.14. The lowest BCUT2D eigenvalue weighted by Gasteiger charge is -2.11. The maximum Gasteiger partial charge on any atom is 0.191 e. The Balaban J connectivity index is 1.76. The molecule has 0 amide bonds. The van der Waals surface area contributed by atoms with E-state index >= 15 is 0 Å². The molecule has 0 radical (unpaired) electrons. The first kappa shape index (κ1) is 17.8. The van der Waals surface area contributed by atoms with Crippen LogP contribution in [0.4, 0.5) is 0 Å². The van der Waals surface area contributed by atoms with Crippen LogP contribution in [0.2, 0.25) is 0 Å². The summed E-state index contributed by atoms with van der Waals surface area (Å²) in [4.78, 5) is 4.61. The predicted molar refractivity (Wildman–Crippen MR) is 97.2 cm³/mol. The minimum atomic E-state index is 0.685. The zero-order chi connectivity index (χ0) is 17.2. The van der Waals surface area contributed by atoms with Gasteiger partial charge in [0.25, 0.3) is 0 Å². The lowest BCUT2D eigenvalue weighted by Crippen LogP contribution is -2.38. The molecule has 6 nitrogen and oxygen atoms in total. The zero-order valence-electron chi connectivity index (χ0n) is 14.6. The Bertz CT molecular complexity index is 642. The Morgan fingerprint density at radius 1 is 1.42 bits per heavy atom. The monoisotopic (exact) mass is 329 g/mol. The van der Waals surface area contributed by atoms with Crippen molar-refractivity contribution < 1.29 is 4.42 Å². The average Bonchev–Trinajstić information content (AvgIpc) is 3.18. The molecule has 130 valence electrons. The van der Waals surface area contributed by atoms with Gasteiger partial charge in [0.1, 0.15) is 5.76 Å². The molecule has 0 aromatic carbocycles. The van der Waals surface area contributed by atoms with Gasteiger partial charge in [0.2, 0.25) is 0 Å². The fourth-order valence-corrected chi connectivity index (χ4v) is 2.41. The normalized spacial score (nSPS) is 11.5. The summed E-state index contributed by atoms with van der Waals surface area (Å²) in [5.74, 6) is 1.77. The third kappa shape index (κ3) is 5.95. The highest BCUT2D eigenvalue weighted by molar-refractivity contribution is 5.79. The van der Waals surface area contributed by atoms with Crippen molar-refractivity contribution in [2.45, 2.75) is 33.2 Å². The van der Waals surface area contributed by atoms with Crippen LogP contribution in [0.25, 0.3) is 0 Å². The van der Waals surface area contributed by atoms with Crippen molar-refractivity contribution in [2.75, 3.05) is 19.6 Å². The molecule has 0 fully saturated rings. The highest BCUT2D eigenvalue weighted by Crippen LogP contribution is 2.02. The molecule has 0 bridgehead atoms. The van der Waals surface area contributed by atoms with Crippen LogP contribution in [0.15, 0.2) is 46.5 Å². The Morgan fingerprint density at radius 3 is 2.96 bits per heavy atom. The van der Waals surface area contributed by atoms with Gasteiger partial charge in [-0.05, 0) is 38.5 Å². The first-order chi connectivity index (χ1) is 11.7. The standard InChI is InChI=1S/C18H27N5O/c1-4-9-19-18(21-11-8-17-7-5-13-24-17)20-10-6-12-23-16(3)14-15(2)22-23/h4-5,7,13-14H,1,6,8-12H2,2-3H3,(H2,19,20,21). The fourth-order valence-electron chi connectivity index (χ4n) is 2.41. The molecule has 0 aliphatic carbocycles. The van der Waals surface area contributed by atoms with Crippen LogP contribution in [0.1, 0.15) is 23.6 Å². The summed E-state index contributed by atoms with van der Waals surface area (Å²) in [6, 6.07) is 5.97. The fraction of sp³-hybridized carbons (Fsp3) is 0.444. The minimum absolute atomic E-state index is 0.685. The van der Waals surface area contributed by atoms with Gasteiger partial charge in [-0.2, -0.15) is 5.10 Å². The molecule has 0 saturated carbocycles. The van der Waals surface area contributed by atoms with E-state index in [1.165, 1.54) is 5.69 Å². The number of furan rings is 1. The Labute approximate surface area is 143 Å². The number of hydrogen-bond donors (Lipinski definition) is 2. The van der Waals surface area contributed by atoms with Crippen LogP contribution >= 0.6 is 0 Å². The van der Waals surface area contributed by atoms with Gasteiger partial charge in [0, 0.05) is 38.3 Å². The van der Waals surface area contributed by atoms with Gasteiger partial charge < -0.3 is 15.1 Å². The highest BCUT2D eigenvalue weighted by atomic mass is 16.3. The van der Waals surface area contributed by atoms with Crippen molar-refractivity contribution >= 4 is 5.96 Å². The van der Waals surface area contributed by atoms with Crippen molar-refractivity contribution in [3.05, 3.63) is 54.3 Å². The summed E-state index contributed by atoms with van der Waals surface area (Å²) in [5.41, 5.74) is 2.25. The van der Waals surface area contributed by atoms with Crippen molar-refractivity contribution in [2.24, 2.45) is 4.99 Å². The second-order valence-corrected chi connectivity index (χ2v) is 5.66. The third-order valence-corrected chi connectivity index (χ3v) is 3.56. The van der Waals surface area contributed by atoms with E-state index < -0.39 is 0 Å². The number of hydrogen-bond acceptors (Lipinski definition) is 3. The summed E-state index contributed by atoms with van der Waals surface area (Å²) >= 11 is 0. The largest absolute Gasteiger partial charge is 0.469 e. The van der Waals surface area contributed by atoms with Crippen molar-refractivity contribution in [3.8, 4) is 0 Å². The van der Waals surface area contributed by atoms with E-state index in [1.54, 1.807) is 6.26 Å². The summed E-state index contributed by atoms with van der Waals surface area (Å²) in [6.45, 7) is 10.9. The molecule has 0 aliphatic rings. The topological polar surface area (TPSA) is 67.4 Å². The van der Waals surface area contributed by atoms with Gasteiger partial charge in [0.05, 0.1) is 12.0 Å². The molecule has 2 N–H and O–H groups in total. The number of guanidine groups is 1. The first-order valence-corrected chi connectivity index (χ1v) is 8.35. The SMILES string of the molecule is C=CCNC(=NCCCn1nc(C)cc1C)NCCc1ccco1. The average molecular weight is 329 g/mol. The molecule has 0 spiro atoms. The van der Waals surface area contributed by atoms with Crippen LogP contribution < -0.4 is 10.6 Å². The number of aliphatic imine (C=N–C) groups is 1. The number of nitrogens with zero attached hydrogens (tertiary/aromatic N) is 3. The molecule has 2 rings (SSSR count). The smallest absolute Gasteiger partial charge is 0.191 e. The molecule has 24 heavy (non-hydrogen) atoms. The maximum atomic E-state index is 5.33. The number of aromatic nitrogens is 2. The minimum Gasteiger partial charge on any atom is -0.469 e. The van der Waals surface area contributed by atoms with Crippen LogP contribution in [0.5, 0.6) is 0 Å². The van der Waals surface area contributed by atoms with Crippen LogP contribution in [0, 0.1) is 13.8 Å². The number of nitrogens with one attached hydrogen (secondary N) is 2. The Hall–Kier alpha value is -2.50. The lowest BCUT2D eigenvalue weighted by molar-refractivity contribution is 0.506. The van der Waals surface area contributed by atoms with Crippen LogP contribution in [-0.4, -0.2) is 35.4 Å². The third-order valence-electron chi connectivity index (χ3n) is 3.56. The predicted octanol–water partition coefficient (Wildman–Crippen LogP) is 2.45. The van der Waals surface area contributed by atoms with Gasteiger partial charge in [-0.1, -0.05) is 6.08 Å². The molecular formula is C18H27N5O. The highest BCUT2D eigenvalue weighted by Gasteiger charge is 2.01. The molecule has 2 aromatic heterocycles. The first-order valence-electron chi connectivity index (χ1n) is 8.35. The van der Waals surface area contributed by atoms with Gasteiger partial charge in [-0.25, -0.2) is 0 Å². The molecule has 0 saturated heterocycles. The zero-order valence-corrected chi connectivity index (χ0v) is 14.6. The quantitative estimate of drug-likeness (QED) is 0.321. The van der Waals surface area contributed by atoms with Crippen molar-refractivity contribution in [1.29, 1.82) is 0 Å². The molecule has 2 aromatic rings. The van der Waals surface area contributed by atoms with Gasteiger partial charge in [-0.15, -0.1) is 6.58 Å². The number of aryl methyl sites for hydroxylation is 3. The summed E-state index contributed by atoms with van der Waals surface area (Å²) in [6.07, 6.45) is 5.29. The van der Waals surface area contributed by atoms with Gasteiger partial charge in [-0.3, -0.25) is 9.67 Å². The van der Waals surface area contributed by atoms with E-state index in [0.29, 0.717) is 6.54 Å². The summed E-state index contributed by atoms with van der Waals surface area (Å²) in [7, 11) is 0.